The maximum atomic E-state index is 12.0. The Morgan fingerprint density at radius 1 is 1.30 bits per heavy atom. The van der Waals surface area contributed by atoms with Gasteiger partial charge in [0.15, 0.2) is 0 Å². The fraction of sp³-hybridized carbons (Fsp3) is 0.417. The third-order valence-corrected chi connectivity index (χ3v) is 2.95. The van der Waals surface area contributed by atoms with E-state index in [1.807, 2.05) is 0 Å². The average molecular weight is 284 g/mol. The van der Waals surface area contributed by atoms with E-state index in [2.05, 4.69) is 5.32 Å². The van der Waals surface area contributed by atoms with Gasteiger partial charge >= 0.3 is 0 Å². The van der Waals surface area contributed by atoms with Crippen LogP contribution in [0.5, 0.6) is 0 Å². The number of aliphatic hydroxyl groups is 3. The molecule has 0 spiro atoms. The van der Waals surface area contributed by atoms with Crippen molar-refractivity contribution in [2.45, 2.75) is 12.5 Å². The highest BCUT2D eigenvalue weighted by atomic mass is 16.6. The maximum absolute atomic E-state index is 12.0. The monoisotopic (exact) mass is 284 g/mol. The van der Waals surface area contributed by atoms with Crippen molar-refractivity contribution >= 4 is 11.6 Å². The van der Waals surface area contributed by atoms with Crippen LogP contribution in [0.3, 0.4) is 0 Å². The molecule has 20 heavy (non-hydrogen) atoms. The minimum Gasteiger partial charge on any atom is -0.394 e. The highest BCUT2D eigenvalue weighted by Gasteiger charge is 2.30. The van der Waals surface area contributed by atoms with E-state index >= 15 is 0 Å². The number of carbonyl (C=O) groups excluding carboxylic acids is 1. The standard InChI is InChI=1S/C12H16N2O6/c1-8-4-9(14(19)20)2-3-10(8)11(18)13-12(5-15,6-16)7-17/h2-4,15-17H,5-7H2,1H3,(H,13,18). The zero-order chi connectivity index (χ0) is 15.3. The van der Waals surface area contributed by atoms with Crippen LogP contribution in [0.1, 0.15) is 15.9 Å². The van der Waals surface area contributed by atoms with Crippen molar-refractivity contribution in [2.75, 3.05) is 19.8 Å². The molecule has 110 valence electrons. The predicted octanol–water partition coefficient (Wildman–Crippen LogP) is -0.651. The number of carbonyl (C=O) groups is 1. The van der Waals surface area contributed by atoms with Gasteiger partial charge in [-0.3, -0.25) is 14.9 Å². The van der Waals surface area contributed by atoms with Crippen LogP contribution < -0.4 is 5.32 Å². The molecular weight excluding hydrogens is 268 g/mol. The van der Waals surface area contributed by atoms with Crippen LogP contribution in [0.2, 0.25) is 0 Å². The van der Waals surface area contributed by atoms with E-state index in [0.717, 1.165) is 0 Å². The van der Waals surface area contributed by atoms with Crippen LogP contribution in [-0.2, 0) is 0 Å². The molecule has 0 fully saturated rings. The Labute approximate surface area is 114 Å². The van der Waals surface area contributed by atoms with Gasteiger partial charge in [0, 0.05) is 17.7 Å². The molecule has 0 bridgehead atoms. The SMILES string of the molecule is Cc1cc([N+](=O)[O-])ccc1C(=O)NC(CO)(CO)CO. The molecule has 4 N–H and O–H groups in total. The highest BCUT2D eigenvalue weighted by molar-refractivity contribution is 5.96. The topological polar surface area (TPSA) is 133 Å². The lowest BCUT2D eigenvalue weighted by Crippen LogP contribution is -2.57. The summed E-state index contributed by atoms with van der Waals surface area (Å²) in [6.07, 6.45) is 0. The summed E-state index contributed by atoms with van der Waals surface area (Å²) in [7, 11) is 0. The van der Waals surface area contributed by atoms with Gasteiger partial charge in [-0.25, -0.2) is 0 Å². The van der Waals surface area contributed by atoms with Crippen LogP contribution in [-0.4, -0.2) is 51.5 Å². The highest BCUT2D eigenvalue weighted by Crippen LogP contribution is 2.17. The van der Waals surface area contributed by atoms with E-state index in [4.69, 9.17) is 15.3 Å². The number of nitro benzene ring substituents is 1. The Morgan fingerprint density at radius 3 is 2.25 bits per heavy atom. The van der Waals surface area contributed by atoms with Gasteiger partial charge in [0.2, 0.25) is 0 Å². The third kappa shape index (κ3) is 3.29. The summed E-state index contributed by atoms with van der Waals surface area (Å²) >= 11 is 0. The second-order valence-corrected chi connectivity index (χ2v) is 4.47. The van der Waals surface area contributed by atoms with E-state index in [1.165, 1.54) is 25.1 Å². The van der Waals surface area contributed by atoms with Gasteiger partial charge in [-0.1, -0.05) is 0 Å². The molecule has 0 saturated carbocycles. The molecule has 1 aromatic carbocycles. The quantitative estimate of drug-likeness (QED) is 0.405. The van der Waals surface area contributed by atoms with Crippen molar-refractivity contribution in [1.29, 1.82) is 0 Å². The molecule has 0 aliphatic rings. The first-order chi connectivity index (χ1) is 9.39. The van der Waals surface area contributed by atoms with Crippen LogP contribution >= 0.6 is 0 Å². The molecular formula is C12H16N2O6. The van der Waals surface area contributed by atoms with Gasteiger partial charge in [0.1, 0.15) is 5.54 Å². The van der Waals surface area contributed by atoms with E-state index in [-0.39, 0.29) is 11.3 Å². The van der Waals surface area contributed by atoms with E-state index in [0.29, 0.717) is 5.56 Å². The van der Waals surface area contributed by atoms with E-state index in [9.17, 15) is 14.9 Å². The normalized spacial score (nSPS) is 11.2. The Kier molecular flexibility index (Phi) is 5.14. The number of aryl methyl sites for hydroxylation is 1. The lowest BCUT2D eigenvalue weighted by molar-refractivity contribution is -0.384. The summed E-state index contributed by atoms with van der Waals surface area (Å²) in [6, 6.07) is 3.70. The second-order valence-electron chi connectivity index (χ2n) is 4.47. The number of hydrogen-bond donors (Lipinski definition) is 4. The number of nitrogens with one attached hydrogen (secondary N) is 1. The summed E-state index contributed by atoms with van der Waals surface area (Å²) in [6.45, 7) is -0.395. The molecule has 0 unspecified atom stereocenters. The molecule has 1 aromatic rings. The minimum atomic E-state index is -1.54. The second kappa shape index (κ2) is 6.42. The lowest BCUT2D eigenvalue weighted by Gasteiger charge is -2.28. The first kappa shape index (κ1) is 16.0. The molecule has 1 rings (SSSR count). The van der Waals surface area contributed by atoms with Crippen LogP contribution in [0.15, 0.2) is 18.2 Å². The van der Waals surface area contributed by atoms with Gasteiger partial charge in [0.25, 0.3) is 11.6 Å². The molecule has 0 aromatic heterocycles. The Bertz CT molecular complexity index is 504. The summed E-state index contributed by atoms with van der Waals surface area (Å²) in [5, 5.41) is 40.3. The molecule has 8 nitrogen and oxygen atoms in total. The van der Waals surface area contributed by atoms with Gasteiger partial charge in [-0.15, -0.1) is 0 Å². The van der Waals surface area contributed by atoms with Crippen LogP contribution in [0, 0.1) is 17.0 Å². The van der Waals surface area contributed by atoms with Crippen molar-refractivity contribution in [3.63, 3.8) is 0 Å². The maximum Gasteiger partial charge on any atom is 0.269 e. The van der Waals surface area contributed by atoms with Gasteiger partial charge in [-0.05, 0) is 18.6 Å². The Hall–Kier alpha value is -2.03. The number of benzene rings is 1. The molecule has 8 heteroatoms. The fourth-order valence-electron chi connectivity index (χ4n) is 1.59. The number of amides is 1. The number of nitro groups is 1. The average Bonchev–Trinajstić information content (AvgIpc) is 2.44. The molecule has 1 amide bonds. The van der Waals surface area contributed by atoms with Crippen molar-refractivity contribution in [3.05, 3.63) is 39.4 Å². The van der Waals surface area contributed by atoms with Crippen molar-refractivity contribution in [1.82, 2.24) is 5.32 Å². The molecule has 0 radical (unpaired) electrons. The largest absolute Gasteiger partial charge is 0.394 e. The van der Waals surface area contributed by atoms with Crippen LogP contribution in [0.4, 0.5) is 5.69 Å². The van der Waals surface area contributed by atoms with E-state index in [1.54, 1.807) is 0 Å². The van der Waals surface area contributed by atoms with Gasteiger partial charge in [-0.2, -0.15) is 0 Å². The zero-order valence-electron chi connectivity index (χ0n) is 10.9. The first-order valence-corrected chi connectivity index (χ1v) is 5.79. The van der Waals surface area contributed by atoms with Crippen molar-refractivity contribution in [3.8, 4) is 0 Å². The molecule has 0 aliphatic carbocycles. The summed E-state index contributed by atoms with van der Waals surface area (Å²) < 4.78 is 0. The Morgan fingerprint density at radius 2 is 1.85 bits per heavy atom. The number of non-ortho nitro benzene ring substituents is 1. The van der Waals surface area contributed by atoms with Crippen molar-refractivity contribution < 1.29 is 25.0 Å². The Balaban J connectivity index is 3.01. The third-order valence-electron chi connectivity index (χ3n) is 2.95. The number of nitrogens with zero attached hydrogens (tertiary/aromatic N) is 1. The van der Waals surface area contributed by atoms with Crippen LogP contribution in [0.25, 0.3) is 0 Å². The van der Waals surface area contributed by atoms with E-state index < -0.39 is 36.2 Å². The summed E-state index contributed by atoms with van der Waals surface area (Å²) in [5.74, 6) is -0.644. The zero-order valence-corrected chi connectivity index (χ0v) is 10.9. The molecule has 0 aliphatic heterocycles. The summed E-state index contributed by atoms with van der Waals surface area (Å²) in [4.78, 5) is 22.1. The smallest absolute Gasteiger partial charge is 0.269 e. The predicted molar refractivity (Wildman–Crippen MR) is 69.3 cm³/mol. The number of hydrogen-bond acceptors (Lipinski definition) is 6. The minimum absolute atomic E-state index is 0.142. The van der Waals surface area contributed by atoms with Gasteiger partial charge < -0.3 is 20.6 Å². The molecule has 0 saturated heterocycles. The van der Waals surface area contributed by atoms with Crippen molar-refractivity contribution in [2.24, 2.45) is 0 Å². The first-order valence-electron chi connectivity index (χ1n) is 5.79. The number of aliphatic hydroxyl groups excluding tert-OH is 3. The van der Waals surface area contributed by atoms with Gasteiger partial charge in [0.05, 0.1) is 24.7 Å². The fourth-order valence-corrected chi connectivity index (χ4v) is 1.59. The number of rotatable bonds is 6. The molecule has 0 atom stereocenters. The summed E-state index contributed by atoms with van der Waals surface area (Å²) in [5.41, 5.74) is -1.14. The lowest BCUT2D eigenvalue weighted by atomic mass is 10.0. The molecule has 0 heterocycles.